The molecule has 1 aliphatic heterocycles. The van der Waals surface area contributed by atoms with Gasteiger partial charge in [-0.25, -0.2) is 4.79 Å². The van der Waals surface area contributed by atoms with Gasteiger partial charge < -0.3 is 9.47 Å². The third-order valence-electron chi connectivity index (χ3n) is 4.88. The molecule has 9 nitrogen and oxygen atoms in total. The van der Waals surface area contributed by atoms with Crippen molar-refractivity contribution in [3.63, 3.8) is 0 Å². The summed E-state index contributed by atoms with van der Waals surface area (Å²) in [5.41, 5.74) is 1.03. The molecule has 0 radical (unpaired) electrons. The van der Waals surface area contributed by atoms with Gasteiger partial charge in [0.1, 0.15) is 18.5 Å². The molecule has 162 valence electrons. The van der Waals surface area contributed by atoms with E-state index in [1.165, 1.54) is 0 Å². The first-order valence-corrected chi connectivity index (χ1v) is 11.3. The molecule has 0 saturated carbocycles. The number of rotatable bonds is 7. The van der Waals surface area contributed by atoms with E-state index in [0.29, 0.717) is 36.4 Å². The summed E-state index contributed by atoms with van der Waals surface area (Å²) in [4.78, 5) is 12.5. The van der Waals surface area contributed by atoms with E-state index in [1.54, 1.807) is 65.6 Å². The predicted molar refractivity (Wildman–Crippen MR) is 113 cm³/mol. The van der Waals surface area contributed by atoms with Crippen LogP contribution in [0.1, 0.15) is 18.4 Å². The van der Waals surface area contributed by atoms with E-state index in [1.807, 2.05) is 6.07 Å². The molecule has 0 spiro atoms. The largest absolute Gasteiger partial charge is 0.486 e. The van der Waals surface area contributed by atoms with Crippen molar-refractivity contribution in [2.75, 3.05) is 10.8 Å². The molecule has 1 aliphatic rings. The van der Waals surface area contributed by atoms with E-state index in [2.05, 4.69) is 10.3 Å². The summed E-state index contributed by atoms with van der Waals surface area (Å²) < 4.78 is 40.0. The lowest BCUT2D eigenvalue weighted by atomic mass is 10.1. The molecule has 10 heteroatoms. The maximum atomic E-state index is 13.0. The number of hydrogen-bond acceptors (Lipinski definition) is 7. The van der Waals surface area contributed by atoms with Crippen LogP contribution in [-0.4, -0.2) is 41.4 Å². The molecule has 2 heterocycles. The highest BCUT2D eigenvalue weighted by molar-refractivity contribution is 8.06. The van der Waals surface area contributed by atoms with Gasteiger partial charge in [0.25, 0.3) is 0 Å². The first-order chi connectivity index (χ1) is 15.0. The minimum absolute atomic E-state index is 0.0249. The molecule has 0 unspecified atom stereocenters. The van der Waals surface area contributed by atoms with E-state index in [4.69, 9.17) is 9.47 Å². The maximum Gasteiger partial charge on any atom is 0.445 e. The highest BCUT2D eigenvalue weighted by Crippen LogP contribution is 2.36. The number of nitrogens with zero attached hydrogens (tertiary/aromatic N) is 4. The molecule has 0 fully saturated rings. The second-order valence-electron chi connectivity index (χ2n) is 7.08. The van der Waals surface area contributed by atoms with Crippen molar-refractivity contribution in [1.82, 2.24) is 15.0 Å². The van der Waals surface area contributed by atoms with Gasteiger partial charge in [-0.2, -0.15) is 8.42 Å². The van der Waals surface area contributed by atoms with Gasteiger partial charge in [-0.3, -0.25) is 8.99 Å². The molecular weight excluding hydrogens is 420 g/mol. The molecule has 0 bridgehead atoms. The smallest absolute Gasteiger partial charge is 0.445 e. The average Bonchev–Trinajstić information content (AvgIpc) is 3.31. The van der Waals surface area contributed by atoms with Gasteiger partial charge in [0.2, 0.25) is 0 Å². The van der Waals surface area contributed by atoms with Crippen molar-refractivity contribution in [3.8, 4) is 5.75 Å². The molecule has 3 aromatic rings. The van der Waals surface area contributed by atoms with Crippen molar-refractivity contribution >= 4 is 21.0 Å². The predicted octanol–water partition coefficient (Wildman–Crippen LogP) is 2.99. The zero-order valence-corrected chi connectivity index (χ0v) is 17.5. The Morgan fingerprint density at radius 1 is 1.13 bits per heavy atom. The van der Waals surface area contributed by atoms with Crippen molar-refractivity contribution in [1.29, 1.82) is 0 Å². The number of para-hydroxylation sites is 2. The number of fused-ring (bicyclic) bond motifs is 1. The molecule has 2 aromatic carbocycles. The maximum absolute atomic E-state index is 13.0. The van der Waals surface area contributed by atoms with Crippen molar-refractivity contribution in [2.24, 2.45) is 0 Å². The Balaban J connectivity index is 1.47. The Labute approximate surface area is 180 Å². The highest BCUT2D eigenvalue weighted by atomic mass is 32.2. The number of benzene rings is 2. The fraction of sp³-hybridized carbons (Fsp3) is 0.286. The molecule has 0 amide bonds. The Hall–Kier alpha value is -3.40. The Bertz CT molecular complexity index is 1120. The quantitative estimate of drug-likeness (QED) is 0.518. The van der Waals surface area contributed by atoms with Crippen LogP contribution in [0.15, 0.2) is 67.0 Å². The van der Waals surface area contributed by atoms with E-state index in [-0.39, 0.29) is 13.2 Å². The molecule has 0 aliphatic carbocycles. The first kappa shape index (κ1) is 20.9. The summed E-state index contributed by atoms with van der Waals surface area (Å²) in [6.45, 7) is 0.538. The van der Waals surface area contributed by atoms with Gasteiger partial charge in [-0.15, -0.1) is 5.10 Å². The van der Waals surface area contributed by atoms with Gasteiger partial charge in [0.15, 0.2) is 0 Å². The van der Waals surface area contributed by atoms with Crippen LogP contribution in [-0.2, 0) is 27.9 Å². The topological polar surface area (TPSA) is 104 Å². The van der Waals surface area contributed by atoms with Crippen molar-refractivity contribution < 1.29 is 22.7 Å². The van der Waals surface area contributed by atoms with E-state index < -0.39 is 21.4 Å². The lowest BCUT2D eigenvalue weighted by Crippen LogP contribution is -2.46. The summed E-state index contributed by atoms with van der Waals surface area (Å²) in [6.07, 6.45) is 4.25. The second kappa shape index (κ2) is 9.17. The van der Waals surface area contributed by atoms with Crippen LogP contribution < -0.4 is 9.04 Å². The number of hydrogen-bond donors (Lipinski definition) is 0. The van der Waals surface area contributed by atoms with E-state index in [0.717, 1.165) is 4.31 Å². The standard InChI is InChI=1S/C21H22N4O5S/c26-21(29-16-17-7-2-1-3-8-17)31(27,28)25-15-18(9-6-13-24-14-12-22-23-24)30-20-11-5-4-10-19(20)25/h1-5,7-8,10-12,14,18H,6,9,13,15-16H2/t18-/m0/s1. The molecule has 1 atom stereocenters. The fourth-order valence-electron chi connectivity index (χ4n) is 3.35. The van der Waals surface area contributed by atoms with Crippen molar-refractivity contribution in [2.45, 2.75) is 32.1 Å². The third-order valence-corrected chi connectivity index (χ3v) is 6.35. The zero-order chi connectivity index (χ0) is 21.7. The molecule has 4 rings (SSSR count). The number of ether oxygens (including phenoxy) is 2. The molecule has 1 aromatic heterocycles. The lowest BCUT2D eigenvalue weighted by Gasteiger charge is -2.34. The molecule has 31 heavy (non-hydrogen) atoms. The first-order valence-electron chi connectivity index (χ1n) is 9.87. The van der Waals surface area contributed by atoms with Gasteiger partial charge in [-0.1, -0.05) is 47.7 Å². The summed E-state index contributed by atoms with van der Waals surface area (Å²) >= 11 is 0. The Morgan fingerprint density at radius 3 is 2.68 bits per heavy atom. The van der Waals surface area contributed by atoms with Gasteiger partial charge in [0, 0.05) is 12.7 Å². The number of anilines is 1. The Kier molecular flexibility index (Phi) is 6.17. The minimum atomic E-state index is -4.38. The molecule has 0 saturated heterocycles. The number of carbonyl (C=O) groups is 1. The van der Waals surface area contributed by atoms with Crippen LogP contribution in [0.5, 0.6) is 5.75 Å². The summed E-state index contributed by atoms with van der Waals surface area (Å²) in [5.74, 6) is 0.416. The molecule has 0 N–H and O–H groups in total. The zero-order valence-electron chi connectivity index (χ0n) is 16.7. The highest BCUT2D eigenvalue weighted by Gasteiger charge is 2.38. The average molecular weight is 442 g/mol. The van der Waals surface area contributed by atoms with Crippen LogP contribution in [0.25, 0.3) is 0 Å². The van der Waals surface area contributed by atoms with Crippen LogP contribution in [0, 0.1) is 0 Å². The number of carbonyl (C=O) groups excluding carboxylic acids is 1. The SMILES string of the molecule is O=C(OCc1ccccc1)S(=O)(=O)N1C[C@H](CCCn2ccnn2)Oc2ccccc21. The van der Waals surface area contributed by atoms with Crippen LogP contribution in [0.3, 0.4) is 0 Å². The van der Waals surface area contributed by atoms with Gasteiger partial charge >= 0.3 is 15.3 Å². The number of sulfonamides is 1. The van der Waals surface area contributed by atoms with Crippen LogP contribution in [0.4, 0.5) is 10.5 Å². The van der Waals surface area contributed by atoms with E-state index in [9.17, 15) is 13.2 Å². The summed E-state index contributed by atoms with van der Waals surface area (Å²) in [5, 5.41) is 6.40. The van der Waals surface area contributed by atoms with Crippen molar-refractivity contribution in [3.05, 3.63) is 72.6 Å². The molecular formula is C21H22N4O5S. The fourth-order valence-corrected chi connectivity index (χ4v) is 4.51. The summed E-state index contributed by atoms with van der Waals surface area (Å²) in [6, 6.07) is 15.7. The lowest BCUT2D eigenvalue weighted by molar-refractivity contribution is 0.164. The van der Waals surface area contributed by atoms with Crippen LogP contribution in [0.2, 0.25) is 0 Å². The number of aryl methyl sites for hydroxylation is 1. The van der Waals surface area contributed by atoms with Gasteiger partial charge in [0.05, 0.1) is 18.4 Å². The van der Waals surface area contributed by atoms with Crippen LogP contribution >= 0.6 is 0 Å². The number of aromatic nitrogens is 3. The normalized spacial score (nSPS) is 15.7. The van der Waals surface area contributed by atoms with Gasteiger partial charge in [-0.05, 0) is 30.5 Å². The monoisotopic (exact) mass is 442 g/mol. The summed E-state index contributed by atoms with van der Waals surface area (Å²) in [7, 11) is -4.38. The Morgan fingerprint density at radius 2 is 1.90 bits per heavy atom. The third kappa shape index (κ3) is 4.85. The van der Waals surface area contributed by atoms with E-state index >= 15 is 0 Å². The minimum Gasteiger partial charge on any atom is -0.486 e. The second-order valence-corrected chi connectivity index (χ2v) is 8.80.